The van der Waals surface area contributed by atoms with Crippen molar-refractivity contribution in [2.24, 2.45) is 7.05 Å². The highest BCUT2D eigenvalue weighted by Gasteiger charge is 2.27. The molecule has 0 spiro atoms. The number of carbonyl (C=O) groups excluding carboxylic acids is 2. The van der Waals surface area contributed by atoms with E-state index >= 15 is 0 Å². The van der Waals surface area contributed by atoms with Crippen molar-refractivity contribution in [2.45, 2.75) is 38.5 Å². The van der Waals surface area contributed by atoms with Crippen LogP contribution in [0.25, 0.3) is 0 Å². The smallest absolute Gasteiger partial charge is 0.276 e. The molecule has 3 aromatic rings. The van der Waals surface area contributed by atoms with Crippen LogP contribution in [0.2, 0.25) is 0 Å². The quantitative estimate of drug-likeness (QED) is 0.551. The van der Waals surface area contributed by atoms with E-state index in [0.717, 1.165) is 61.5 Å². The van der Waals surface area contributed by atoms with Crippen molar-refractivity contribution in [3.05, 3.63) is 82.7 Å². The number of rotatable bonds is 7. The first-order chi connectivity index (χ1) is 17.1. The van der Waals surface area contributed by atoms with Crippen molar-refractivity contribution in [3.8, 4) is 0 Å². The minimum absolute atomic E-state index is 0.0703. The summed E-state index contributed by atoms with van der Waals surface area (Å²) >= 11 is 0. The Kier molecular flexibility index (Phi) is 6.92. The van der Waals surface area contributed by atoms with Crippen LogP contribution in [-0.2, 0) is 31.3 Å². The summed E-state index contributed by atoms with van der Waals surface area (Å²) in [7, 11) is 1.90. The van der Waals surface area contributed by atoms with E-state index in [-0.39, 0.29) is 17.9 Å². The summed E-state index contributed by atoms with van der Waals surface area (Å²) in [6.45, 7) is 3.62. The average molecular weight is 474 g/mol. The van der Waals surface area contributed by atoms with Crippen LogP contribution in [0.4, 0.5) is 5.69 Å². The molecule has 3 heterocycles. The van der Waals surface area contributed by atoms with E-state index in [1.807, 2.05) is 66.3 Å². The van der Waals surface area contributed by atoms with Gasteiger partial charge < -0.3 is 15.4 Å². The molecule has 1 fully saturated rings. The second-order valence-corrected chi connectivity index (χ2v) is 9.22. The lowest BCUT2D eigenvalue weighted by atomic mass is 10.0. The Hall–Kier alpha value is -3.49. The molecule has 1 aromatic heterocycles. The number of aryl methyl sites for hydroxylation is 1. The predicted octanol–water partition coefficient (Wildman–Crippen LogP) is 3.14. The van der Waals surface area contributed by atoms with Crippen molar-refractivity contribution in [1.29, 1.82) is 0 Å². The number of para-hydroxylation sites is 1. The van der Waals surface area contributed by atoms with Crippen LogP contribution in [-0.4, -0.2) is 52.3 Å². The summed E-state index contributed by atoms with van der Waals surface area (Å²) in [6.07, 6.45) is 3.03. The Morgan fingerprint density at radius 2 is 1.89 bits per heavy atom. The Labute approximate surface area is 205 Å². The molecule has 8 nitrogen and oxygen atoms in total. The van der Waals surface area contributed by atoms with E-state index in [1.54, 1.807) is 0 Å². The summed E-state index contributed by atoms with van der Waals surface area (Å²) in [5, 5.41) is 10.5. The van der Waals surface area contributed by atoms with Gasteiger partial charge >= 0.3 is 0 Å². The number of hydrogen-bond acceptors (Lipinski definition) is 5. The average Bonchev–Trinajstić information content (AvgIpc) is 3.51. The number of benzene rings is 2. The van der Waals surface area contributed by atoms with Crippen molar-refractivity contribution >= 4 is 17.5 Å². The Morgan fingerprint density at radius 3 is 2.63 bits per heavy atom. The van der Waals surface area contributed by atoms with E-state index in [2.05, 4.69) is 20.6 Å². The van der Waals surface area contributed by atoms with E-state index in [0.29, 0.717) is 24.3 Å². The maximum atomic E-state index is 13.0. The van der Waals surface area contributed by atoms with Gasteiger partial charge in [0.15, 0.2) is 5.69 Å². The van der Waals surface area contributed by atoms with Gasteiger partial charge in [-0.2, -0.15) is 5.10 Å². The maximum Gasteiger partial charge on any atom is 0.276 e. The molecule has 0 bridgehead atoms. The van der Waals surface area contributed by atoms with Gasteiger partial charge in [0.1, 0.15) is 0 Å². The number of amides is 2. The monoisotopic (exact) mass is 473 g/mol. The number of aromatic nitrogens is 2. The van der Waals surface area contributed by atoms with Crippen LogP contribution in [0.3, 0.4) is 0 Å². The third kappa shape index (κ3) is 5.44. The number of carbonyl (C=O) groups is 2. The van der Waals surface area contributed by atoms with Crippen molar-refractivity contribution < 1.29 is 14.3 Å². The first-order valence-corrected chi connectivity index (χ1v) is 12.2. The van der Waals surface area contributed by atoms with Crippen molar-refractivity contribution in [2.75, 3.05) is 25.0 Å². The third-order valence-corrected chi connectivity index (χ3v) is 6.70. The Bertz CT molecular complexity index is 1180. The largest absolute Gasteiger partial charge is 0.376 e. The topological polar surface area (TPSA) is 88.5 Å². The number of hydrogen-bond donors (Lipinski definition) is 2. The molecule has 1 saturated heterocycles. The fourth-order valence-corrected chi connectivity index (χ4v) is 4.81. The third-order valence-electron chi connectivity index (χ3n) is 6.70. The van der Waals surface area contributed by atoms with Gasteiger partial charge in [0.25, 0.3) is 11.8 Å². The normalized spacial score (nSPS) is 17.7. The Morgan fingerprint density at radius 1 is 1.09 bits per heavy atom. The lowest BCUT2D eigenvalue weighted by molar-refractivity contribution is 0.0857. The zero-order valence-corrected chi connectivity index (χ0v) is 20.0. The van der Waals surface area contributed by atoms with E-state index in [4.69, 9.17) is 4.74 Å². The van der Waals surface area contributed by atoms with Gasteiger partial charge in [-0.15, -0.1) is 0 Å². The molecule has 1 unspecified atom stereocenters. The van der Waals surface area contributed by atoms with Crippen LogP contribution < -0.4 is 10.6 Å². The first kappa shape index (κ1) is 23.3. The molecule has 2 N–H and O–H groups in total. The highest BCUT2D eigenvalue weighted by Crippen LogP contribution is 2.24. The summed E-state index contributed by atoms with van der Waals surface area (Å²) in [6, 6.07) is 17.2. The predicted molar refractivity (Wildman–Crippen MR) is 133 cm³/mol. The SMILES string of the molecule is Cn1nc(C(=O)Nc2ccccc2)c2c1CCN(Cc1ccc(C(=O)NCC3CCCO3)cc1)C2. The maximum absolute atomic E-state index is 13.0. The number of anilines is 1. The van der Waals surface area contributed by atoms with Crippen LogP contribution in [0.1, 0.15) is 50.5 Å². The number of nitrogens with zero attached hydrogens (tertiary/aromatic N) is 3. The zero-order chi connectivity index (χ0) is 24.2. The highest BCUT2D eigenvalue weighted by molar-refractivity contribution is 6.04. The molecule has 0 aliphatic carbocycles. The molecule has 35 heavy (non-hydrogen) atoms. The summed E-state index contributed by atoms with van der Waals surface area (Å²) in [5.41, 5.74) is 5.11. The van der Waals surface area contributed by atoms with Crippen LogP contribution >= 0.6 is 0 Å². The molecule has 182 valence electrons. The molecule has 1 atom stereocenters. The standard InChI is InChI=1S/C27H31N5O3/c1-31-24-13-14-32(18-23(24)25(30-31)27(34)29-21-6-3-2-4-7-21)17-19-9-11-20(12-10-19)26(33)28-16-22-8-5-15-35-22/h2-4,6-7,9-12,22H,5,8,13-18H2,1H3,(H,28,33)(H,29,34). The van der Waals surface area contributed by atoms with Gasteiger partial charge in [-0.3, -0.25) is 19.2 Å². The number of fused-ring (bicyclic) bond motifs is 1. The summed E-state index contributed by atoms with van der Waals surface area (Å²) in [5.74, 6) is -0.257. The van der Waals surface area contributed by atoms with Crippen molar-refractivity contribution in [3.63, 3.8) is 0 Å². The minimum atomic E-state index is -0.187. The molecule has 8 heteroatoms. The second-order valence-electron chi connectivity index (χ2n) is 9.22. The lowest BCUT2D eigenvalue weighted by Gasteiger charge is -2.27. The lowest BCUT2D eigenvalue weighted by Crippen LogP contribution is -2.32. The van der Waals surface area contributed by atoms with Crippen LogP contribution in [0.5, 0.6) is 0 Å². The van der Waals surface area contributed by atoms with Crippen LogP contribution in [0.15, 0.2) is 54.6 Å². The number of ether oxygens (including phenoxy) is 1. The first-order valence-electron chi connectivity index (χ1n) is 12.2. The minimum Gasteiger partial charge on any atom is -0.376 e. The van der Waals surface area contributed by atoms with Gasteiger partial charge in [-0.1, -0.05) is 30.3 Å². The van der Waals surface area contributed by atoms with E-state index < -0.39 is 0 Å². The van der Waals surface area contributed by atoms with Gasteiger partial charge in [0.05, 0.1) is 6.10 Å². The summed E-state index contributed by atoms with van der Waals surface area (Å²) < 4.78 is 7.40. The van der Waals surface area contributed by atoms with Gasteiger partial charge in [0, 0.05) is 68.8 Å². The molecular formula is C27H31N5O3. The van der Waals surface area contributed by atoms with Crippen molar-refractivity contribution in [1.82, 2.24) is 20.0 Å². The second kappa shape index (κ2) is 10.4. The van der Waals surface area contributed by atoms with E-state index in [1.165, 1.54) is 0 Å². The van der Waals surface area contributed by atoms with Crippen LogP contribution in [0, 0.1) is 0 Å². The fourth-order valence-electron chi connectivity index (χ4n) is 4.81. The molecule has 5 rings (SSSR count). The molecule has 0 saturated carbocycles. The highest BCUT2D eigenvalue weighted by atomic mass is 16.5. The number of nitrogens with one attached hydrogen (secondary N) is 2. The zero-order valence-electron chi connectivity index (χ0n) is 20.0. The molecule has 2 aromatic carbocycles. The fraction of sp³-hybridized carbons (Fsp3) is 0.370. The molecule has 2 aliphatic rings. The van der Waals surface area contributed by atoms with Gasteiger partial charge in [-0.05, 0) is 42.7 Å². The molecular weight excluding hydrogens is 442 g/mol. The van der Waals surface area contributed by atoms with Gasteiger partial charge in [-0.25, -0.2) is 0 Å². The molecule has 2 aliphatic heterocycles. The summed E-state index contributed by atoms with van der Waals surface area (Å²) in [4.78, 5) is 27.7. The van der Waals surface area contributed by atoms with E-state index in [9.17, 15) is 9.59 Å². The Balaban J connectivity index is 1.21. The molecule has 2 amide bonds. The molecule has 0 radical (unpaired) electrons. The van der Waals surface area contributed by atoms with Gasteiger partial charge in [0.2, 0.25) is 0 Å².